The lowest BCUT2D eigenvalue weighted by Gasteiger charge is -2.34. The Morgan fingerprint density at radius 1 is 0.628 bits per heavy atom. The molecule has 0 spiro atoms. The molecule has 24 heteroatoms. The predicted molar refractivity (Wildman–Crippen MR) is 330 cm³/mol. The van der Waals surface area contributed by atoms with Crippen LogP contribution in [0.25, 0.3) is 0 Å². The molecule has 1 saturated heterocycles. The lowest BCUT2D eigenvalue weighted by molar-refractivity contribution is -0.140. The first-order valence-electron chi connectivity index (χ1n) is 30.8. The van der Waals surface area contributed by atoms with E-state index in [4.69, 9.17) is 0 Å². The Hall–Kier alpha value is -6.01. The van der Waals surface area contributed by atoms with Gasteiger partial charge in [0.15, 0.2) is 0 Å². The van der Waals surface area contributed by atoms with E-state index in [1.165, 1.54) is 52.5 Å². The van der Waals surface area contributed by atoms with Crippen molar-refractivity contribution in [1.29, 1.82) is 0 Å². The van der Waals surface area contributed by atoms with E-state index in [1.807, 2.05) is 74.4 Å². The molecule has 10 amide bonds. The molecular formula is C62H111N11O13. The van der Waals surface area contributed by atoms with Crippen LogP contribution < -0.4 is 47.9 Å². The van der Waals surface area contributed by atoms with Crippen molar-refractivity contribution in [3.63, 3.8) is 0 Å². The maximum absolute atomic E-state index is 14.6. The number of aliphatic hydroxyl groups excluding tert-OH is 2. The van der Waals surface area contributed by atoms with Crippen LogP contribution in [-0.2, 0) is 52.7 Å². The van der Waals surface area contributed by atoms with Gasteiger partial charge in [-0.05, 0) is 136 Å². The Balaban J connectivity index is 3.44. The van der Waals surface area contributed by atoms with E-state index < -0.39 is 118 Å². The molecule has 1 unspecified atom stereocenters. The van der Waals surface area contributed by atoms with E-state index >= 15 is 0 Å². The molecule has 0 saturated carbocycles. The molecule has 86 heavy (non-hydrogen) atoms. The molecule has 0 bridgehead atoms. The fourth-order valence-corrected chi connectivity index (χ4v) is 9.77. The van der Waals surface area contributed by atoms with Crippen molar-refractivity contribution in [3.05, 3.63) is 12.2 Å². The van der Waals surface area contributed by atoms with Gasteiger partial charge in [0, 0.05) is 44.9 Å². The maximum Gasteiger partial charge on any atom is 0.246 e. The summed E-state index contributed by atoms with van der Waals surface area (Å²) in [5.41, 5.74) is -4.93. The maximum atomic E-state index is 14.6. The number of nitrogens with zero attached hydrogens (tertiary/aromatic N) is 2. The molecule has 1 aliphatic rings. The van der Waals surface area contributed by atoms with E-state index in [9.17, 15) is 63.0 Å². The van der Waals surface area contributed by atoms with Crippen LogP contribution in [0.4, 0.5) is 0 Å². The Kier molecular flexibility index (Phi) is 32.4. The van der Waals surface area contributed by atoms with Crippen molar-refractivity contribution in [1.82, 2.24) is 57.7 Å². The number of aliphatic hydroxyl groups is 2. The van der Waals surface area contributed by atoms with Gasteiger partial charge in [-0.1, -0.05) is 88.7 Å². The summed E-state index contributed by atoms with van der Waals surface area (Å²) in [5, 5.41) is 46.7. The Bertz CT molecular complexity index is 2340. The first kappa shape index (κ1) is 78.0. The van der Waals surface area contributed by atoms with Crippen molar-refractivity contribution in [2.45, 2.75) is 247 Å². The standard InChI is InChI=1S/C62H111N11O13/c1-21-38(9)23-24-49(77)73-33-40(11)31-47(73)55(82)66-46(30-39(10)29-43(75)32-42(74)22-2)53(80)68-50(51(78)37(7)8)56(83)70-61(15,16)58(85)67-44(27-35(3)4)52(79)65-45(28-36(5)6)54(81)69-62(17,18)59(86)71-60(13,14)57(84)63-26-25-48(76)64-41(12)34-72(19)20/h23-24,35-41,43-47,50-51,75,78H,21-22,25-34H2,1-20H3,(H,63,84)(H,64,76)(H,65,79)(H,66,82)(H,67,85)(H,68,80)(H,69,81)(H,70,83)(H,71,86)/b24-23+/t38-,39?,40+,41+,43+,44+,45+,46+,47+,50+,51-/m1/s1. The number of hydrogen-bond acceptors (Lipinski definition) is 14. The van der Waals surface area contributed by atoms with Crippen molar-refractivity contribution in [2.75, 3.05) is 33.7 Å². The van der Waals surface area contributed by atoms with Crippen LogP contribution in [0.15, 0.2) is 12.2 Å². The van der Waals surface area contributed by atoms with Gasteiger partial charge < -0.3 is 67.9 Å². The van der Waals surface area contributed by atoms with Gasteiger partial charge in [0.2, 0.25) is 59.1 Å². The fraction of sp³-hybridized carbons (Fsp3) is 0.790. The molecule has 1 fully saturated rings. The minimum Gasteiger partial charge on any atom is -0.393 e. The highest BCUT2D eigenvalue weighted by atomic mass is 16.3. The van der Waals surface area contributed by atoms with Gasteiger partial charge in [-0.25, -0.2) is 0 Å². The zero-order chi connectivity index (χ0) is 66.4. The normalized spacial score (nSPS) is 18.0. The molecule has 0 aromatic heterocycles. The molecule has 492 valence electrons. The molecule has 0 radical (unpaired) electrons. The summed E-state index contributed by atoms with van der Waals surface area (Å²) >= 11 is 0. The Labute approximate surface area is 512 Å². The van der Waals surface area contributed by atoms with Gasteiger partial charge in [-0.3, -0.25) is 52.7 Å². The van der Waals surface area contributed by atoms with Gasteiger partial charge in [0.1, 0.15) is 52.6 Å². The molecule has 1 heterocycles. The monoisotopic (exact) mass is 1220 g/mol. The SMILES string of the molecule is CCC(=O)C[C@@H](O)CC(C)C[C@H](NC(=O)[C@@H]1C[C@H](C)CN1C(=O)/C=C/[C@H](C)CC)C(=O)N[C@H](C(=O)NC(C)(C)C(=O)N[C@@H](CC(C)C)C(=O)N[C@@H](CC(C)C)C(=O)NC(C)(C)C(=O)NC(C)(C)C(=O)NCCC(=O)N[C@@H](C)CN(C)C)[C@H](O)C(C)C. The van der Waals surface area contributed by atoms with Crippen LogP contribution >= 0.6 is 0 Å². The second-order valence-corrected chi connectivity index (χ2v) is 27.1. The number of nitrogens with one attached hydrogen (secondary N) is 9. The summed E-state index contributed by atoms with van der Waals surface area (Å²) < 4.78 is 0. The van der Waals surface area contributed by atoms with Gasteiger partial charge in [-0.2, -0.15) is 0 Å². The Morgan fingerprint density at radius 2 is 1.15 bits per heavy atom. The summed E-state index contributed by atoms with van der Waals surface area (Å²) in [6, 6.07) is -6.61. The summed E-state index contributed by atoms with van der Waals surface area (Å²) in [4.78, 5) is 154. The minimum absolute atomic E-state index is 0.00837. The third-order valence-corrected chi connectivity index (χ3v) is 15.1. The summed E-state index contributed by atoms with van der Waals surface area (Å²) in [5.74, 6) is -8.25. The zero-order valence-electron chi connectivity index (χ0n) is 55.5. The smallest absolute Gasteiger partial charge is 0.246 e. The molecular weight excluding hydrogens is 1110 g/mol. The number of carbonyl (C=O) groups is 11. The number of ketones is 1. The second kappa shape index (κ2) is 35.7. The van der Waals surface area contributed by atoms with Gasteiger partial charge in [-0.15, -0.1) is 0 Å². The summed E-state index contributed by atoms with van der Waals surface area (Å²) in [6.07, 6.45) is 2.07. The van der Waals surface area contributed by atoms with Crippen LogP contribution in [0.1, 0.15) is 182 Å². The minimum atomic E-state index is -1.82. The number of amides is 10. The third kappa shape index (κ3) is 27.4. The van der Waals surface area contributed by atoms with Crippen LogP contribution in [0.3, 0.4) is 0 Å². The number of rotatable bonds is 37. The van der Waals surface area contributed by atoms with E-state index in [-0.39, 0.29) is 98.8 Å². The number of carbonyl (C=O) groups excluding carboxylic acids is 11. The molecule has 1 aliphatic heterocycles. The number of hydrogen-bond donors (Lipinski definition) is 11. The van der Waals surface area contributed by atoms with Crippen molar-refractivity contribution in [2.24, 2.45) is 35.5 Å². The number of likely N-dealkylation sites (N-methyl/N-ethyl adjacent to an activating group) is 1. The highest BCUT2D eigenvalue weighted by molar-refractivity contribution is 6.00. The molecule has 24 nitrogen and oxygen atoms in total. The van der Waals surface area contributed by atoms with E-state index in [0.29, 0.717) is 19.5 Å². The van der Waals surface area contributed by atoms with Crippen LogP contribution in [0, 0.1) is 35.5 Å². The van der Waals surface area contributed by atoms with E-state index in [2.05, 4.69) is 47.9 Å². The number of Topliss-reactive ketones (excluding diaryl/α,β-unsaturated/α-hetero) is 1. The predicted octanol–water partition coefficient (Wildman–Crippen LogP) is 2.28. The third-order valence-electron chi connectivity index (χ3n) is 15.1. The van der Waals surface area contributed by atoms with Crippen molar-refractivity contribution < 1.29 is 63.0 Å². The van der Waals surface area contributed by atoms with Crippen LogP contribution in [0.2, 0.25) is 0 Å². The van der Waals surface area contributed by atoms with Gasteiger partial charge in [0.25, 0.3) is 0 Å². The zero-order valence-corrected chi connectivity index (χ0v) is 55.5. The molecule has 11 N–H and O–H groups in total. The first-order chi connectivity index (χ1) is 39.6. The Morgan fingerprint density at radius 3 is 1.69 bits per heavy atom. The van der Waals surface area contributed by atoms with E-state index in [0.717, 1.165) is 6.42 Å². The second-order valence-electron chi connectivity index (χ2n) is 27.1. The molecule has 0 aromatic carbocycles. The topological polar surface area (TPSA) is 343 Å². The molecule has 0 aliphatic carbocycles. The van der Waals surface area contributed by atoms with Gasteiger partial charge in [0.05, 0.1) is 12.2 Å². The fourth-order valence-electron chi connectivity index (χ4n) is 9.77. The quantitative estimate of drug-likeness (QED) is 0.0398. The lowest BCUT2D eigenvalue weighted by Crippen LogP contribution is -2.66. The van der Waals surface area contributed by atoms with E-state index in [1.54, 1.807) is 33.8 Å². The number of allylic oxidation sites excluding steroid dienone is 1. The molecule has 11 atom stereocenters. The molecule has 0 aromatic rings. The summed E-state index contributed by atoms with van der Waals surface area (Å²) in [7, 11) is 3.77. The highest BCUT2D eigenvalue weighted by Crippen LogP contribution is 2.25. The van der Waals surface area contributed by atoms with Crippen LogP contribution in [-0.4, -0.2) is 184 Å². The lowest BCUT2D eigenvalue weighted by atomic mass is 9.92. The number of likely N-dealkylation sites (tertiary alicyclic amines) is 1. The van der Waals surface area contributed by atoms with Crippen LogP contribution in [0.5, 0.6) is 0 Å². The first-order valence-corrected chi connectivity index (χ1v) is 30.8. The highest BCUT2D eigenvalue weighted by Gasteiger charge is 2.43. The van der Waals surface area contributed by atoms with Gasteiger partial charge >= 0.3 is 0 Å². The van der Waals surface area contributed by atoms with Crippen molar-refractivity contribution in [3.8, 4) is 0 Å². The summed E-state index contributed by atoms with van der Waals surface area (Å²) in [6.45, 7) is 31.1. The average Bonchev–Trinajstić information content (AvgIpc) is 3.94. The largest absolute Gasteiger partial charge is 0.393 e. The van der Waals surface area contributed by atoms with Crippen molar-refractivity contribution >= 4 is 64.9 Å². The average molecular weight is 1220 g/mol. The molecule has 1 rings (SSSR count).